The number of nitrogens with zero attached hydrogens (tertiary/aromatic N) is 4. The van der Waals surface area contributed by atoms with Crippen molar-refractivity contribution in [3.8, 4) is 0 Å². The van der Waals surface area contributed by atoms with Crippen molar-refractivity contribution in [1.82, 2.24) is 14.2 Å². The highest BCUT2D eigenvalue weighted by atomic mass is 19.1. The Bertz CT molecular complexity index is 1160. The van der Waals surface area contributed by atoms with Crippen molar-refractivity contribution in [2.24, 2.45) is 0 Å². The van der Waals surface area contributed by atoms with Gasteiger partial charge in [0.25, 0.3) is 5.56 Å². The minimum absolute atomic E-state index is 0.0626. The van der Waals surface area contributed by atoms with Crippen molar-refractivity contribution >= 4 is 16.6 Å². The van der Waals surface area contributed by atoms with Crippen LogP contribution in [0.3, 0.4) is 0 Å². The van der Waals surface area contributed by atoms with Crippen LogP contribution in [0.2, 0.25) is 0 Å². The number of hydrogen-bond acceptors (Lipinski definition) is 5. The lowest BCUT2D eigenvalue weighted by molar-refractivity contribution is 0.0774. The Balaban J connectivity index is 1.78. The topological polar surface area (TPSA) is 59.7 Å². The van der Waals surface area contributed by atoms with Crippen LogP contribution in [0, 0.1) is 5.82 Å². The molecule has 0 amide bonds. The summed E-state index contributed by atoms with van der Waals surface area (Å²) >= 11 is 0. The van der Waals surface area contributed by atoms with E-state index in [-0.39, 0.29) is 12.0 Å². The second kappa shape index (κ2) is 8.31. The SMILES string of the molecule is CCn1c(=O)n(OCc2ccccc2)c(=O)c2cc(F)c(N3CCN(C)CC3)cc21. The highest BCUT2D eigenvalue weighted by Gasteiger charge is 2.21. The van der Waals surface area contributed by atoms with Gasteiger partial charge in [-0.05, 0) is 31.7 Å². The number of aromatic nitrogens is 2. The third kappa shape index (κ3) is 3.70. The minimum Gasteiger partial charge on any atom is -0.401 e. The van der Waals surface area contributed by atoms with E-state index in [0.717, 1.165) is 23.4 Å². The molecule has 158 valence electrons. The van der Waals surface area contributed by atoms with Gasteiger partial charge in [0.15, 0.2) is 0 Å². The predicted octanol–water partition coefficient (Wildman–Crippen LogP) is 1.70. The average Bonchev–Trinajstić information content (AvgIpc) is 2.75. The monoisotopic (exact) mass is 412 g/mol. The van der Waals surface area contributed by atoms with Crippen LogP contribution >= 0.6 is 0 Å². The Morgan fingerprint density at radius 1 is 1.03 bits per heavy atom. The maximum Gasteiger partial charge on any atom is 0.365 e. The van der Waals surface area contributed by atoms with Gasteiger partial charge in [-0.2, -0.15) is 0 Å². The van der Waals surface area contributed by atoms with Crippen molar-refractivity contribution in [3.05, 3.63) is 74.7 Å². The van der Waals surface area contributed by atoms with Gasteiger partial charge in [0.1, 0.15) is 12.4 Å². The van der Waals surface area contributed by atoms with Crippen LogP contribution in [0.4, 0.5) is 10.1 Å². The first-order valence-corrected chi connectivity index (χ1v) is 10.1. The summed E-state index contributed by atoms with van der Waals surface area (Å²) in [5.74, 6) is -0.472. The number of likely N-dealkylation sites (N-methyl/N-ethyl adjacent to an activating group) is 1. The summed E-state index contributed by atoms with van der Waals surface area (Å²) < 4.78 is 17.1. The lowest BCUT2D eigenvalue weighted by Gasteiger charge is -2.34. The van der Waals surface area contributed by atoms with Gasteiger partial charge in [0.2, 0.25) is 0 Å². The van der Waals surface area contributed by atoms with E-state index in [1.54, 1.807) is 6.07 Å². The molecule has 1 aliphatic heterocycles. The third-order valence-electron chi connectivity index (χ3n) is 5.54. The number of rotatable bonds is 5. The second-order valence-corrected chi connectivity index (χ2v) is 7.50. The van der Waals surface area contributed by atoms with Crippen LogP contribution in [0.25, 0.3) is 10.9 Å². The Labute approximate surface area is 173 Å². The smallest absolute Gasteiger partial charge is 0.365 e. The first-order valence-electron chi connectivity index (χ1n) is 10.1. The molecule has 0 radical (unpaired) electrons. The molecule has 0 spiro atoms. The zero-order valence-corrected chi connectivity index (χ0v) is 17.2. The molecule has 1 fully saturated rings. The molecule has 2 aromatic carbocycles. The number of hydrogen-bond donors (Lipinski definition) is 0. The molecule has 0 bridgehead atoms. The van der Waals surface area contributed by atoms with Crippen molar-refractivity contribution < 1.29 is 9.23 Å². The molecule has 0 saturated carbocycles. The molecular formula is C22H25FN4O3. The Morgan fingerprint density at radius 3 is 2.40 bits per heavy atom. The van der Waals surface area contributed by atoms with E-state index in [9.17, 15) is 14.0 Å². The zero-order valence-electron chi connectivity index (χ0n) is 17.2. The zero-order chi connectivity index (χ0) is 21.3. The summed E-state index contributed by atoms with van der Waals surface area (Å²) in [5, 5.41) is 0.125. The summed E-state index contributed by atoms with van der Waals surface area (Å²) in [7, 11) is 2.03. The van der Waals surface area contributed by atoms with E-state index in [4.69, 9.17) is 4.84 Å². The van der Waals surface area contributed by atoms with Crippen molar-refractivity contribution in [2.45, 2.75) is 20.1 Å². The molecule has 3 aromatic rings. The number of fused-ring (bicyclic) bond motifs is 1. The number of halogens is 1. The van der Waals surface area contributed by atoms with Gasteiger partial charge in [0, 0.05) is 32.7 Å². The molecule has 1 aliphatic rings. The van der Waals surface area contributed by atoms with Gasteiger partial charge in [-0.3, -0.25) is 9.36 Å². The van der Waals surface area contributed by atoms with E-state index in [0.29, 0.717) is 30.8 Å². The summed E-state index contributed by atoms with van der Waals surface area (Å²) in [5.41, 5.74) is 0.437. The fraction of sp³-hybridized carbons (Fsp3) is 0.364. The first kappa shape index (κ1) is 20.2. The highest BCUT2D eigenvalue weighted by Crippen LogP contribution is 2.25. The Morgan fingerprint density at radius 2 is 1.73 bits per heavy atom. The Kier molecular flexibility index (Phi) is 5.59. The number of anilines is 1. The molecule has 1 aromatic heterocycles. The van der Waals surface area contributed by atoms with E-state index in [1.165, 1.54) is 10.6 Å². The van der Waals surface area contributed by atoms with Crippen molar-refractivity contribution in [2.75, 3.05) is 38.1 Å². The number of benzene rings is 2. The molecule has 0 unspecified atom stereocenters. The van der Waals surface area contributed by atoms with Crippen LogP contribution < -0.4 is 21.0 Å². The van der Waals surface area contributed by atoms with Crippen LogP contribution in [0.15, 0.2) is 52.1 Å². The minimum atomic E-state index is -0.653. The molecule has 0 atom stereocenters. The lowest BCUT2D eigenvalue weighted by Crippen LogP contribution is -2.45. The summed E-state index contributed by atoms with van der Waals surface area (Å²) in [4.78, 5) is 35.6. The summed E-state index contributed by atoms with van der Waals surface area (Å²) in [6.45, 7) is 5.23. The molecule has 1 saturated heterocycles. The molecule has 8 heteroatoms. The lowest BCUT2D eigenvalue weighted by atomic mass is 10.1. The molecule has 0 N–H and O–H groups in total. The molecule has 2 heterocycles. The molecular weight excluding hydrogens is 387 g/mol. The van der Waals surface area contributed by atoms with Crippen molar-refractivity contribution in [1.29, 1.82) is 0 Å². The summed E-state index contributed by atoms with van der Waals surface area (Å²) in [6, 6.07) is 12.1. The second-order valence-electron chi connectivity index (χ2n) is 7.50. The fourth-order valence-corrected chi connectivity index (χ4v) is 3.78. The van der Waals surface area contributed by atoms with Gasteiger partial charge in [0.05, 0.1) is 16.6 Å². The van der Waals surface area contributed by atoms with E-state index < -0.39 is 17.1 Å². The van der Waals surface area contributed by atoms with Gasteiger partial charge < -0.3 is 14.6 Å². The highest BCUT2D eigenvalue weighted by molar-refractivity contribution is 5.82. The number of piperazine rings is 1. The van der Waals surface area contributed by atoms with Gasteiger partial charge in [-0.1, -0.05) is 35.1 Å². The largest absolute Gasteiger partial charge is 0.401 e. The van der Waals surface area contributed by atoms with Crippen LogP contribution in [-0.2, 0) is 13.2 Å². The molecule has 4 rings (SSSR count). The van der Waals surface area contributed by atoms with E-state index in [2.05, 4.69) is 4.90 Å². The molecule has 7 nitrogen and oxygen atoms in total. The Hall–Kier alpha value is -3.13. The molecule has 0 aliphatic carbocycles. The van der Waals surface area contributed by atoms with Gasteiger partial charge >= 0.3 is 5.69 Å². The van der Waals surface area contributed by atoms with Crippen LogP contribution in [-0.4, -0.2) is 47.4 Å². The number of aryl methyl sites for hydroxylation is 1. The third-order valence-corrected chi connectivity index (χ3v) is 5.54. The van der Waals surface area contributed by atoms with Gasteiger partial charge in [-0.25, -0.2) is 9.18 Å². The summed E-state index contributed by atoms with van der Waals surface area (Å²) in [6.07, 6.45) is 0. The normalized spacial score (nSPS) is 15.0. The van der Waals surface area contributed by atoms with Crippen LogP contribution in [0.1, 0.15) is 12.5 Å². The van der Waals surface area contributed by atoms with Crippen LogP contribution in [0.5, 0.6) is 0 Å². The maximum atomic E-state index is 15.0. The van der Waals surface area contributed by atoms with Crippen molar-refractivity contribution in [3.63, 3.8) is 0 Å². The predicted molar refractivity (Wildman–Crippen MR) is 115 cm³/mol. The first-order chi connectivity index (χ1) is 14.5. The van der Waals surface area contributed by atoms with E-state index in [1.807, 2.05) is 49.2 Å². The fourth-order valence-electron chi connectivity index (χ4n) is 3.78. The standard InChI is InChI=1S/C22H25FN4O3/c1-3-26-19-14-20(25-11-9-24(2)10-12-25)18(23)13-17(19)21(28)27(22(26)29)30-15-16-7-5-4-6-8-16/h4-8,13-14H,3,9-12,15H2,1-2H3. The van der Waals surface area contributed by atoms with Gasteiger partial charge in [-0.15, -0.1) is 0 Å². The quantitative estimate of drug-likeness (QED) is 0.639. The maximum absolute atomic E-state index is 15.0. The van der Waals surface area contributed by atoms with E-state index >= 15 is 0 Å². The average molecular weight is 412 g/mol. The molecule has 30 heavy (non-hydrogen) atoms.